The predicted molar refractivity (Wildman–Crippen MR) is 133 cm³/mol. The van der Waals surface area contributed by atoms with Crippen LogP contribution in [0.4, 0.5) is 0 Å². The van der Waals surface area contributed by atoms with Crippen molar-refractivity contribution in [2.45, 2.75) is 64.7 Å². The molecule has 1 aliphatic carbocycles. The zero-order chi connectivity index (χ0) is 22.7. The van der Waals surface area contributed by atoms with Crippen LogP contribution in [-0.2, 0) is 4.79 Å². The molecule has 1 saturated heterocycles. The van der Waals surface area contributed by atoms with E-state index in [1.165, 1.54) is 56.3 Å². The number of likely N-dealkylation sites (tertiary alicyclic amines) is 1. The van der Waals surface area contributed by atoms with E-state index < -0.39 is 0 Å². The molecule has 4 aliphatic rings. The van der Waals surface area contributed by atoms with Crippen LogP contribution in [0.2, 0.25) is 0 Å². The lowest BCUT2D eigenvalue weighted by Crippen LogP contribution is -2.45. The van der Waals surface area contributed by atoms with Crippen LogP contribution < -0.4 is 0 Å². The second-order valence-corrected chi connectivity index (χ2v) is 11.5. The highest BCUT2D eigenvalue weighted by molar-refractivity contribution is 7.51. The third-order valence-electron chi connectivity index (χ3n) is 7.83. The molecular formula is C26H32N5OP. The quantitative estimate of drug-likeness (QED) is 0.625. The number of fused-ring (bicyclic) bond motifs is 2. The maximum Gasteiger partial charge on any atom is 0.252 e. The average Bonchev–Trinajstić information content (AvgIpc) is 3.18. The number of piperidine rings is 1. The zero-order valence-electron chi connectivity index (χ0n) is 19.7. The Morgan fingerprint density at radius 1 is 1.06 bits per heavy atom. The number of aromatic nitrogens is 3. The Morgan fingerprint density at radius 2 is 1.85 bits per heavy atom. The molecule has 0 radical (unpaired) electrons. The Balaban J connectivity index is 1.23. The van der Waals surface area contributed by atoms with E-state index >= 15 is 0 Å². The van der Waals surface area contributed by atoms with Crippen LogP contribution in [0.15, 0.2) is 41.8 Å². The summed E-state index contributed by atoms with van der Waals surface area (Å²) in [6.07, 6.45) is 14.9. The minimum absolute atomic E-state index is 0.0775. The second-order valence-electron chi connectivity index (χ2n) is 10.1. The Bertz CT molecular complexity index is 1210. The van der Waals surface area contributed by atoms with Crippen molar-refractivity contribution in [2.24, 2.45) is 5.92 Å². The number of nitrogens with zero attached hydrogens (tertiary/aromatic N) is 5. The van der Waals surface area contributed by atoms with Gasteiger partial charge in [0.25, 0.3) is 5.91 Å². The molecule has 0 N–H and O–H groups in total. The van der Waals surface area contributed by atoms with Crippen molar-refractivity contribution in [3.8, 4) is 0 Å². The highest BCUT2D eigenvalue weighted by Gasteiger charge is 2.35. The molecule has 1 amide bonds. The average molecular weight is 462 g/mol. The molecule has 2 unspecified atom stereocenters. The van der Waals surface area contributed by atoms with Gasteiger partial charge in [0.2, 0.25) is 0 Å². The molecule has 2 atom stereocenters. The number of carbonyl (C=O) groups excluding carboxylic acids is 1. The highest BCUT2D eigenvalue weighted by Crippen LogP contribution is 2.47. The molecule has 0 bridgehead atoms. The molecule has 2 fully saturated rings. The summed E-state index contributed by atoms with van der Waals surface area (Å²) in [7, 11) is 0.493. The lowest BCUT2D eigenvalue weighted by atomic mass is 9.84. The van der Waals surface area contributed by atoms with E-state index in [-0.39, 0.29) is 11.7 Å². The van der Waals surface area contributed by atoms with Crippen LogP contribution in [0.25, 0.3) is 10.8 Å². The van der Waals surface area contributed by atoms with Crippen molar-refractivity contribution in [1.29, 1.82) is 0 Å². The summed E-state index contributed by atoms with van der Waals surface area (Å²) in [6.45, 7) is 8.58. The first-order valence-electron chi connectivity index (χ1n) is 12.2. The minimum atomic E-state index is 0.0775. The van der Waals surface area contributed by atoms with E-state index in [9.17, 15) is 4.79 Å². The molecule has 5 heterocycles. The largest absolute Gasteiger partial charge is 0.304 e. The van der Waals surface area contributed by atoms with E-state index in [4.69, 9.17) is 5.10 Å². The van der Waals surface area contributed by atoms with E-state index in [2.05, 4.69) is 35.1 Å². The molecule has 0 aromatic carbocycles. The van der Waals surface area contributed by atoms with E-state index in [0.29, 0.717) is 14.5 Å². The van der Waals surface area contributed by atoms with Gasteiger partial charge in [-0.2, -0.15) is 5.10 Å². The number of rotatable bonds is 3. The lowest BCUT2D eigenvalue weighted by molar-refractivity contribution is -0.123. The Morgan fingerprint density at radius 3 is 2.58 bits per heavy atom. The topological polar surface area (TPSA) is 53.7 Å². The number of allylic oxidation sites excluding steroid dienone is 2. The maximum absolute atomic E-state index is 13.2. The highest BCUT2D eigenvalue weighted by atomic mass is 31.1. The van der Waals surface area contributed by atoms with E-state index in [0.717, 1.165) is 34.0 Å². The molecule has 6 nitrogen and oxygen atoms in total. The fraction of sp³-hybridized carbons (Fsp3) is 0.500. The Hall–Kier alpha value is -2.30. The van der Waals surface area contributed by atoms with Gasteiger partial charge in [0.05, 0.1) is 34.6 Å². The Labute approximate surface area is 197 Å². The van der Waals surface area contributed by atoms with Crippen molar-refractivity contribution in [3.63, 3.8) is 0 Å². The summed E-state index contributed by atoms with van der Waals surface area (Å²) in [4.78, 5) is 22.5. The monoisotopic (exact) mass is 461 g/mol. The van der Waals surface area contributed by atoms with Gasteiger partial charge in [-0.25, -0.2) is 4.52 Å². The summed E-state index contributed by atoms with van der Waals surface area (Å²) in [6, 6.07) is 2.91. The number of hydrogen-bond acceptors (Lipinski definition) is 4. The maximum atomic E-state index is 13.2. The van der Waals surface area contributed by atoms with Gasteiger partial charge in [-0.15, -0.1) is 0 Å². The molecule has 33 heavy (non-hydrogen) atoms. The molecule has 2 aromatic rings. The number of carbonyl (C=O) groups is 1. The van der Waals surface area contributed by atoms with Crippen molar-refractivity contribution >= 4 is 25.3 Å². The molecule has 7 heteroatoms. The molecular weight excluding hydrogens is 429 g/mol. The first-order valence-corrected chi connectivity index (χ1v) is 13.3. The minimum Gasteiger partial charge on any atom is -0.304 e. The van der Waals surface area contributed by atoms with E-state index in [1.54, 1.807) is 6.08 Å². The van der Waals surface area contributed by atoms with Gasteiger partial charge in [0.15, 0.2) is 0 Å². The van der Waals surface area contributed by atoms with Crippen LogP contribution in [-0.4, -0.2) is 55.2 Å². The smallest absolute Gasteiger partial charge is 0.252 e. The fourth-order valence-corrected chi connectivity index (χ4v) is 7.16. The second kappa shape index (κ2) is 8.18. The number of hydrogen-bond donors (Lipinski definition) is 0. The summed E-state index contributed by atoms with van der Waals surface area (Å²) < 4.78 is 1.90. The van der Waals surface area contributed by atoms with Crippen molar-refractivity contribution in [1.82, 2.24) is 24.4 Å². The summed E-state index contributed by atoms with van der Waals surface area (Å²) in [5.41, 5.74) is 6.44. The fourth-order valence-electron chi connectivity index (χ4n) is 5.74. The molecule has 6 rings (SSSR count). The Kier molecular flexibility index (Phi) is 5.26. The van der Waals surface area contributed by atoms with Gasteiger partial charge in [0.1, 0.15) is 0 Å². The predicted octanol–water partition coefficient (Wildman–Crippen LogP) is 4.64. The SMILES string of the molecule is CC1=CC(C2CCN(C3CCC3)CC2)=CN2C(=O)C=C(c3cc4c(C)nc(C)cn4n3)PC12. The van der Waals surface area contributed by atoms with Gasteiger partial charge >= 0.3 is 0 Å². The van der Waals surface area contributed by atoms with Gasteiger partial charge in [-0.1, -0.05) is 21.1 Å². The lowest BCUT2D eigenvalue weighted by Gasteiger charge is -2.43. The normalized spacial score (nSPS) is 25.7. The van der Waals surface area contributed by atoms with Gasteiger partial charge in [0, 0.05) is 23.6 Å². The summed E-state index contributed by atoms with van der Waals surface area (Å²) >= 11 is 0. The standard InChI is InChI=1S/C26H32N5OP/c1-16-11-20(19-7-9-29(10-8-19)21-5-4-6-21)15-30-25(32)13-24(33-26(16)30)22-12-23-18(3)27-17(2)14-31(23)28-22/h11-15,19,21,26,33H,4-10H2,1-3H3. The van der Waals surface area contributed by atoms with Crippen LogP contribution >= 0.6 is 8.58 Å². The molecule has 1 saturated carbocycles. The zero-order valence-corrected chi connectivity index (χ0v) is 20.7. The molecule has 2 aromatic heterocycles. The van der Waals surface area contributed by atoms with Crippen molar-refractivity contribution < 1.29 is 4.79 Å². The van der Waals surface area contributed by atoms with Crippen molar-refractivity contribution in [2.75, 3.05) is 13.1 Å². The summed E-state index contributed by atoms with van der Waals surface area (Å²) in [5.74, 6) is 0.756. The van der Waals surface area contributed by atoms with Gasteiger partial charge in [-0.3, -0.25) is 9.78 Å². The van der Waals surface area contributed by atoms with Crippen LogP contribution in [0, 0.1) is 19.8 Å². The molecule has 0 spiro atoms. The summed E-state index contributed by atoms with van der Waals surface area (Å²) in [5, 5.41) is 5.82. The third kappa shape index (κ3) is 3.77. The van der Waals surface area contributed by atoms with Crippen LogP contribution in [0.1, 0.15) is 56.1 Å². The van der Waals surface area contributed by atoms with Crippen LogP contribution in [0.5, 0.6) is 0 Å². The molecule has 3 aliphatic heterocycles. The first-order chi connectivity index (χ1) is 16.0. The first kappa shape index (κ1) is 21.2. The van der Waals surface area contributed by atoms with Crippen molar-refractivity contribution in [3.05, 3.63) is 58.8 Å². The van der Waals surface area contributed by atoms with Gasteiger partial charge < -0.3 is 9.80 Å². The van der Waals surface area contributed by atoms with E-state index in [1.807, 2.05) is 29.5 Å². The van der Waals surface area contributed by atoms with Gasteiger partial charge in [-0.05, 0) is 82.7 Å². The number of aryl methyl sites for hydroxylation is 2. The third-order valence-corrected chi connectivity index (χ3v) is 9.55. The molecule has 172 valence electrons. The van der Waals surface area contributed by atoms with Crippen LogP contribution in [0.3, 0.4) is 0 Å². The number of amides is 1.